The van der Waals surface area contributed by atoms with Gasteiger partial charge in [-0.15, -0.1) is 0 Å². The SMILES string of the molecule is CS(=O)(=O)c1ccc(Cl)c(-c2ccc(-n3ccnc3-c3c(Cl)cccc3Cl)cc2)c1. The number of hydrogen-bond donors (Lipinski definition) is 0. The van der Waals surface area contributed by atoms with E-state index in [2.05, 4.69) is 4.98 Å². The van der Waals surface area contributed by atoms with E-state index in [0.29, 0.717) is 32.0 Å². The van der Waals surface area contributed by atoms with E-state index in [-0.39, 0.29) is 4.90 Å². The lowest BCUT2D eigenvalue weighted by atomic mass is 10.1. The number of nitrogens with zero attached hydrogens (tertiary/aromatic N) is 2. The summed E-state index contributed by atoms with van der Waals surface area (Å²) in [6.07, 6.45) is 4.67. The number of hydrogen-bond acceptors (Lipinski definition) is 3. The highest BCUT2D eigenvalue weighted by atomic mass is 35.5. The number of halogens is 3. The monoisotopic (exact) mass is 476 g/mol. The summed E-state index contributed by atoms with van der Waals surface area (Å²) in [6.45, 7) is 0. The van der Waals surface area contributed by atoms with Crippen LogP contribution in [0.5, 0.6) is 0 Å². The van der Waals surface area contributed by atoms with Crippen molar-refractivity contribution >= 4 is 44.6 Å². The maximum atomic E-state index is 11.9. The molecule has 0 bridgehead atoms. The van der Waals surface area contributed by atoms with Crippen molar-refractivity contribution in [3.8, 4) is 28.2 Å². The fourth-order valence-corrected chi connectivity index (χ4v) is 4.61. The van der Waals surface area contributed by atoms with E-state index in [9.17, 15) is 8.42 Å². The minimum atomic E-state index is -3.33. The van der Waals surface area contributed by atoms with Gasteiger partial charge in [0.05, 0.1) is 20.5 Å². The van der Waals surface area contributed by atoms with E-state index < -0.39 is 9.84 Å². The Hall–Kier alpha value is -2.31. The van der Waals surface area contributed by atoms with Gasteiger partial charge >= 0.3 is 0 Å². The van der Waals surface area contributed by atoms with Gasteiger partial charge in [-0.3, -0.25) is 4.57 Å². The molecule has 0 atom stereocenters. The molecule has 1 aromatic heterocycles. The largest absolute Gasteiger partial charge is 0.300 e. The van der Waals surface area contributed by atoms with Crippen molar-refractivity contribution in [2.45, 2.75) is 4.90 Å². The Morgan fingerprint density at radius 1 is 0.867 bits per heavy atom. The van der Waals surface area contributed by atoms with Gasteiger partial charge in [-0.25, -0.2) is 13.4 Å². The van der Waals surface area contributed by atoms with Gasteiger partial charge in [0.25, 0.3) is 0 Å². The summed E-state index contributed by atoms with van der Waals surface area (Å²) in [7, 11) is -3.33. The van der Waals surface area contributed by atoms with Crippen molar-refractivity contribution in [2.75, 3.05) is 6.26 Å². The van der Waals surface area contributed by atoms with E-state index in [1.54, 1.807) is 36.5 Å². The zero-order valence-electron chi connectivity index (χ0n) is 15.7. The highest BCUT2D eigenvalue weighted by Gasteiger charge is 2.16. The molecule has 30 heavy (non-hydrogen) atoms. The molecule has 4 rings (SSSR count). The second-order valence-electron chi connectivity index (χ2n) is 6.68. The molecule has 0 radical (unpaired) electrons. The van der Waals surface area contributed by atoms with Crippen LogP contribution in [0.4, 0.5) is 0 Å². The summed E-state index contributed by atoms with van der Waals surface area (Å²) in [6, 6.07) is 17.5. The minimum Gasteiger partial charge on any atom is -0.300 e. The predicted molar refractivity (Wildman–Crippen MR) is 123 cm³/mol. The van der Waals surface area contributed by atoms with Gasteiger partial charge in [-0.05, 0) is 48.0 Å². The molecule has 0 saturated heterocycles. The summed E-state index contributed by atoms with van der Waals surface area (Å²) in [5.41, 5.74) is 2.94. The van der Waals surface area contributed by atoms with Gasteiger partial charge in [0.15, 0.2) is 9.84 Å². The average Bonchev–Trinajstić information content (AvgIpc) is 3.17. The van der Waals surface area contributed by atoms with Crippen LogP contribution >= 0.6 is 34.8 Å². The molecule has 0 spiro atoms. The van der Waals surface area contributed by atoms with Crippen molar-refractivity contribution in [2.24, 2.45) is 0 Å². The molecule has 8 heteroatoms. The maximum absolute atomic E-state index is 11.9. The first-order valence-corrected chi connectivity index (χ1v) is 11.9. The van der Waals surface area contributed by atoms with Crippen molar-refractivity contribution in [1.82, 2.24) is 9.55 Å². The Morgan fingerprint density at radius 3 is 2.17 bits per heavy atom. The Bertz CT molecular complexity index is 1330. The first-order chi connectivity index (χ1) is 14.3. The van der Waals surface area contributed by atoms with E-state index in [1.807, 2.05) is 35.0 Å². The number of aromatic nitrogens is 2. The summed E-state index contributed by atoms with van der Waals surface area (Å²) >= 11 is 19.0. The topological polar surface area (TPSA) is 52.0 Å². The Balaban J connectivity index is 1.76. The van der Waals surface area contributed by atoms with Crippen molar-refractivity contribution in [1.29, 1.82) is 0 Å². The summed E-state index contributed by atoms with van der Waals surface area (Å²) in [5.74, 6) is 0.621. The molecule has 1 heterocycles. The van der Waals surface area contributed by atoms with Crippen molar-refractivity contribution < 1.29 is 8.42 Å². The fraction of sp³-hybridized carbons (Fsp3) is 0.0455. The number of rotatable bonds is 4. The van der Waals surface area contributed by atoms with E-state index >= 15 is 0 Å². The summed E-state index contributed by atoms with van der Waals surface area (Å²) < 4.78 is 25.7. The molecule has 0 saturated carbocycles. The summed E-state index contributed by atoms with van der Waals surface area (Å²) in [5, 5.41) is 1.49. The third kappa shape index (κ3) is 3.98. The molecule has 4 aromatic rings. The van der Waals surface area contributed by atoms with E-state index in [4.69, 9.17) is 34.8 Å². The third-order valence-corrected chi connectivity index (χ3v) is 6.72. The Labute approximate surface area is 189 Å². The van der Waals surface area contributed by atoms with Crippen LogP contribution in [0.15, 0.2) is 78.0 Å². The first-order valence-electron chi connectivity index (χ1n) is 8.84. The smallest absolute Gasteiger partial charge is 0.175 e. The normalized spacial score (nSPS) is 11.6. The van der Waals surface area contributed by atoms with Gasteiger partial charge in [0.1, 0.15) is 5.82 Å². The quantitative estimate of drug-likeness (QED) is 0.334. The third-order valence-electron chi connectivity index (χ3n) is 4.65. The lowest BCUT2D eigenvalue weighted by Gasteiger charge is -2.12. The minimum absolute atomic E-state index is 0.219. The standard InChI is InChI=1S/C22H15Cl3N2O2S/c1-30(28,29)16-9-10-18(23)17(13-16)14-5-7-15(8-6-14)27-12-11-26-22(27)21-19(24)3-2-4-20(21)25/h2-13H,1H3. The second kappa shape index (κ2) is 8.08. The molecule has 0 aliphatic carbocycles. The van der Waals surface area contributed by atoms with E-state index in [0.717, 1.165) is 11.3 Å². The molecule has 4 nitrogen and oxygen atoms in total. The van der Waals surface area contributed by atoms with Crippen molar-refractivity contribution in [3.63, 3.8) is 0 Å². The number of imidazole rings is 1. The molecule has 0 aliphatic rings. The zero-order valence-corrected chi connectivity index (χ0v) is 18.8. The van der Waals surface area contributed by atoms with Gasteiger partial charge in [0, 0.05) is 34.9 Å². The summed E-state index contributed by atoms with van der Waals surface area (Å²) in [4.78, 5) is 4.64. The van der Waals surface area contributed by atoms with Gasteiger partial charge in [0.2, 0.25) is 0 Å². The maximum Gasteiger partial charge on any atom is 0.175 e. The molecule has 0 fully saturated rings. The average molecular weight is 478 g/mol. The highest BCUT2D eigenvalue weighted by Crippen LogP contribution is 2.35. The second-order valence-corrected chi connectivity index (χ2v) is 9.92. The van der Waals surface area contributed by atoms with Crippen LogP contribution in [0.2, 0.25) is 15.1 Å². The zero-order chi connectivity index (χ0) is 21.5. The van der Waals surface area contributed by atoms with E-state index in [1.165, 1.54) is 12.3 Å². The van der Waals surface area contributed by atoms with Crippen LogP contribution in [0.3, 0.4) is 0 Å². The number of sulfone groups is 1. The molecule has 0 N–H and O–H groups in total. The van der Waals surface area contributed by atoms with Crippen LogP contribution in [-0.4, -0.2) is 24.2 Å². The molecule has 0 aliphatic heterocycles. The van der Waals surface area contributed by atoms with Gasteiger partial charge in [-0.2, -0.15) is 0 Å². The Morgan fingerprint density at radius 2 is 1.53 bits per heavy atom. The predicted octanol–water partition coefficient (Wildman–Crippen LogP) is 6.57. The number of benzene rings is 3. The van der Waals surface area contributed by atoms with Crippen LogP contribution in [0.25, 0.3) is 28.2 Å². The van der Waals surface area contributed by atoms with Crippen LogP contribution in [0.1, 0.15) is 0 Å². The first kappa shape index (κ1) is 20.9. The van der Waals surface area contributed by atoms with Crippen LogP contribution in [0, 0.1) is 0 Å². The molecular formula is C22H15Cl3N2O2S. The molecule has 0 amide bonds. The van der Waals surface area contributed by atoms with Crippen LogP contribution < -0.4 is 0 Å². The van der Waals surface area contributed by atoms with Gasteiger partial charge < -0.3 is 0 Å². The Kier molecular flexibility index (Phi) is 5.64. The lowest BCUT2D eigenvalue weighted by Crippen LogP contribution is -1.98. The molecular weight excluding hydrogens is 463 g/mol. The fourth-order valence-electron chi connectivity index (χ4n) is 3.17. The highest BCUT2D eigenvalue weighted by molar-refractivity contribution is 7.90. The van der Waals surface area contributed by atoms with Crippen molar-refractivity contribution in [3.05, 3.63) is 88.1 Å². The molecule has 0 unspecified atom stereocenters. The molecule has 3 aromatic carbocycles. The lowest BCUT2D eigenvalue weighted by molar-refractivity contribution is 0.602. The van der Waals surface area contributed by atoms with Crippen LogP contribution in [-0.2, 0) is 9.84 Å². The van der Waals surface area contributed by atoms with Gasteiger partial charge in [-0.1, -0.05) is 53.0 Å². The molecule has 152 valence electrons.